The minimum atomic E-state index is -5.04. The van der Waals surface area contributed by atoms with E-state index in [4.69, 9.17) is 4.74 Å². The first-order valence-electron chi connectivity index (χ1n) is 10.4. The highest BCUT2D eigenvalue weighted by Crippen LogP contribution is 2.36. The second kappa shape index (κ2) is 9.11. The molecule has 0 saturated carbocycles. The van der Waals surface area contributed by atoms with Gasteiger partial charge in [-0.25, -0.2) is 17.8 Å². The van der Waals surface area contributed by atoms with Crippen molar-refractivity contribution in [1.82, 2.24) is 13.9 Å². The zero-order chi connectivity index (χ0) is 23.8. The molecule has 3 atom stereocenters. The monoisotopic (exact) mass is 492 g/mol. The van der Waals surface area contributed by atoms with Crippen molar-refractivity contribution in [1.29, 1.82) is 0 Å². The fraction of sp³-hybridized carbons (Fsp3) is 0.550. The normalized spacial score (nSPS) is 24.7. The molecule has 2 aliphatic heterocycles. The Morgan fingerprint density at radius 2 is 2.06 bits per heavy atom. The molecule has 0 bridgehead atoms. The Kier molecular flexibility index (Phi) is 6.56. The number of hydrogen-bond donors (Lipinski definition) is 1. The Morgan fingerprint density at radius 1 is 1.27 bits per heavy atom. The standard InChI is InChI=1S/C20H24F4N4O4S/c1-27-10-19(25-12-27)33(29,30)28-8-15(13-3-2-6-31-11-13)17(9-28)26-14-4-5-16(21)18(7-14)32-20(22,23)24/h4-5,7,10,12-13,15,17,26H,2-3,6,8-9,11H2,1H3/t13-,15?,17?/m1/s1. The molecule has 8 nitrogen and oxygen atoms in total. The summed E-state index contributed by atoms with van der Waals surface area (Å²) in [5.41, 5.74) is 0.194. The summed E-state index contributed by atoms with van der Waals surface area (Å²) in [6.07, 6.45) is -0.559. The first-order valence-corrected chi connectivity index (χ1v) is 11.8. The summed E-state index contributed by atoms with van der Waals surface area (Å²) in [6, 6.07) is 2.66. The summed E-state index contributed by atoms with van der Waals surface area (Å²) < 4.78 is 90.1. The lowest BCUT2D eigenvalue weighted by Gasteiger charge is -2.31. The van der Waals surface area contributed by atoms with Gasteiger partial charge < -0.3 is 19.4 Å². The molecule has 0 radical (unpaired) electrons. The van der Waals surface area contributed by atoms with E-state index in [2.05, 4.69) is 15.0 Å². The Bertz CT molecular complexity index is 1090. The van der Waals surface area contributed by atoms with Gasteiger partial charge in [-0.2, -0.15) is 4.31 Å². The predicted octanol–water partition coefficient (Wildman–Crippen LogP) is 2.99. The van der Waals surface area contributed by atoms with E-state index < -0.39 is 34.0 Å². The summed E-state index contributed by atoms with van der Waals surface area (Å²) in [7, 11) is -2.20. The zero-order valence-corrected chi connectivity index (χ0v) is 18.6. The highest BCUT2D eigenvalue weighted by Gasteiger charge is 2.44. The lowest BCUT2D eigenvalue weighted by Crippen LogP contribution is -2.36. The first kappa shape index (κ1) is 23.8. The van der Waals surface area contributed by atoms with E-state index in [-0.39, 0.29) is 35.6 Å². The third-order valence-electron chi connectivity index (χ3n) is 5.93. The number of aromatic nitrogens is 2. The zero-order valence-electron chi connectivity index (χ0n) is 17.8. The number of ether oxygens (including phenoxy) is 2. The van der Waals surface area contributed by atoms with E-state index in [0.29, 0.717) is 13.2 Å². The Labute approximate surface area is 188 Å². The van der Waals surface area contributed by atoms with Crippen molar-refractivity contribution in [2.24, 2.45) is 18.9 Å². The highest BCUT2D eigenvalue weighted by atomic mass is 32.2. The predicted molar refractivity (Wildman–Crippen MR) is 109 cm³/mol. The maximum atomic E-state index is 13.8. The molecule has 1 aromatic heterocycles. The largest absolute Gasteiger partial charge is 0.573 e. The molecule has 0 spiro atoms. The van der Waals surface area contributed by atoms with Crippen LogP contribution in [0.3, 0.4) is 0 Å². The smallest absolute Gasteiger partial charge is 0.403 e. The summed E-state index contributed by atoms with van der Waals surface area (Å²) in [5, 5.41) is 3.02. The number of nitrogens with zero attached hydrogens (tertiary/aromatic N) is 3. The number of anilines is 1. The van der Waals surface area contributed by atoms with Crippen molar-refractivity contribution in [2.45, 2.75) is 30.3 Å². The van der Waals surface area contributed by atoms with Gasteiger partial charge in [-0.3, -0.25) is 0 Å². The van der Waals surface area contributed by atoms with Crippen molar-refractivity contribution in [3.63, 3.8) is 0 Å². The number of nitrogens with one attached hydrogen (secondary N) is 1. The SMILES string of the molecule is Cn1cnc(S(=O)(=O)N2CC(Nc3ccc(F)c(OC(F)(F)F)c3)C([C@@H]3CCCOC3)C2)c1. The molecule has 182 valence electrons. The number of alkyl halides is 3. The van der Waals surface area contributed by atoms with Crippen LogP contribution in [-0.4, -0.2) is 61.0 Å². The van der Waals surface area contributed by atoms with E-state index in [1.807, 2.05) is 0 Å². The third kappa shape index (κ3) is 5.41. The average molecular weight is 492 g/mol. The van der Waals surface area contributed by atoms with Gasteiger partial charge >= 0.3 is 6.36 Å². The first-order chi connectivity index (χ1) is 15.5. The molecule has 33 heavy (non-hydrogen) atoms. The van der Waals surface area contributed by atoms with Crippen LogP contribution in [-0.2, 0) is 21.8 Å². The van der Waals surface area contributed by atoms with Gasteiger partial charge in [0, 0.05) is 57.3 Å². The lowest BCUT2D eigenvalue weighted by atomic mass is 9.84. The van der Waals surface area contributed by atoms with Crippen molar-refractivity contribution in [2.75, 3.05) is 31.6 Å². The van der Waals surface area contributed by atoms with Crippen molar-refractivity contribution in [3.8, 4) is 5.75 Å². The highest BCUT2D eigenvalue weighted by molar-refractivity contribution is 7.89. The number of halogens is 4. The second-order valence-electron chi connectivity index (χ2n) is 8.28. The molecule has 2 aliphatic rings. The van der Waals surface area contributed by atoms with E-state index in [1.54, 1.807) is 7.05 Å². The third-order valence-corrected chi connectivity index (χ3v) is 7.64. The quantitative estimate of drug-likeness (QED) is 0.625. The molecule has 3 heterocycles. The lowest BCUT2D eigenvalue weighted by molar-refractivity contribution is -0.275. The molecule has 2 fully saturated rings. The summed E-state index contributed by atoms with van der Waals surface area (Å²) >= 11 is 0. The van der Waals surface area contributed by atoms with E-state index in [1.165, 1.54) is 27.5 Å². The molecule has 13 heteroatoms. The van der Waals surface area contributed by atoms with Crippen LogP contribution in [0.4, 0.5) is 23.2 Å². The van der Waals surface area contributed by atoms with Gasteiger partial charge in [0.15, 0.2) is 16.6 Å². The number of benzene rings is 1. The summed E-state index contributed by atoms with van der Waals surface area (Å²) in [5.74, 6) is -2.21. The van der Waals surface area contributed by atoms with Crippen LogP contribution in [0.2, 0.25) is 0 Å². The molecular weight excluding hydrogens is 468 g/mol. The van der Waals surface area contributed by atoms with Crippen LogP contribution in [0, 0.1) is 17.7 Å². The number of imidazole rings is 1. The number of hydrogen-bond acceptors (Lipinski definition) is 6. The van der Waals surface area contributed by atoms with Crippen molar-refractivity contribution >= 4 is 15.7 Å². The Morgan fingerprint density at radius 3 is 2.70 bits per heavy atom. The van der Waals surface area contributed by atoms with Crippen LogP contribution < -0.4 is 10.1 Å². The molecule has 1 N–H and O–H groups in total. The van der Waals surface area contributed by atoms with Crippen molar-refractivity contribution < 1.29 is 35.5 Å². The van der Waals surface area contributed by atoms with Crippen LogP contribution in [0.1, 0.15) is 12.8 Å². The maximum Gasteiger partial charge on any atom is 0.573 e. The van der Waals surface area contributed by atoms with Gasteiger partial charge in [-0.05, 0) is 36.8 Å². The molecule has 4 rings (SSSR count). The van der Waals surface area contributed by atoms with E-state index >= 15 is 0 Å². The Balaban J connectivity index is 1.59. The minimum absolute atomic E-state index is 0.0616. The van der Waals surface area contributed by atoms with Gasteiger partial charge in [0.2, 0.25) is 0 Å². The van der Waals surface area contributed by atoms with Gasteiger partial charge in [-0.1, -0.05) is 0 Å². The van der Waals surface area contributed by atoms with Gasteiger partial charge in [0.1, 0.15) is 0 Å². The minimum Gasteiger partial charge on any atom is -0.403 e. The van der Waals surface area contributed by atoms with E-state index in [0.717, 1.165) is 25.0 Å². The molecule has 1 aromatic carbocycles. The average Bonchev–Trinajstić information content (AvgIpc) is 3.37. The fourth-order valence-electron chi connectivity index (χ4n) is 4.39. The number of sulfonamides is 1. The van der Waals surface area contributed by atoms with Crippen LogP contribution >= 0.6 is 0 Å². The van der Waals surface area contributed by atoms with Gasteiger partial charge in [0.05, 0.1) is 6.33 Å². The molecule has 2 aromatic rings. The number of rotatable bonds is 6. The second-order valence-corrected chi connectivity index (χ2v) is 10.2. The molecule has 0 amide bonds. The van der Waals surface area contributed by atoms with Gasteiger partial charge in [-0.15, -0.1) is 13.2 Å². The van der Waals surface area contributed by atoms with Gasteiger partial charge in [0.25, 0.3) is 10.0 Å². The molecule has 2 unspecified atom stereocenters. The topological polar surface area (TPSA) is 85.7 Å². The molecule has 2 saturated heterocycles. The number of aryl methyl sites for hydroxylation is 1. The summed E-state index contributed by atoms with van der Waals surface area (Å²) in [6.45, 7) is 1.38. The van der Waals surface area contributed by atoms with Crippen LogP contribution in [0.5, 0.6) is 5.75 Å². The Hall–Kier alpha value is -2.38. The fourth-order valence-corrected chi connectivity index (χ4v) is 5.86. The molecular formula is C20H24F4N4O4S. The maximum absolute atomic E-state index is 13.8. The summed E-state index contributed by atoms with van der Waals surface area (Å²) in [4.78, 5) is 3.96. The van der Waals surface area contributed by atoms with Crippen LogP contribution in [0.25, 0.3) is 0 Å². The van der Waals surface area contributed by atoms with Crippen molar-refractivity contribution in [3.05, 3.63) is 36.5 Å². The van der Waals surface area contributed by atoms with E-state index in [9.17, 15) is 26.0 Å². The van der Waals surface area contributed by atoms with Crippen LogP contribution in [0.15, 0.2) is 35.7 Å². The molecule has 0 aliphatic carbocycles.